The Bertz CT molecular complexity index is 402. The Kier molecular flexibility index (Phi) is 6.55. The number of furan rings is 1. The highest BCUT2D eigenvalue weighted by Crippen LogP contribution is 2.20. The van der Waals surface area contributed by atoms with Gasteiger partial charge >= 0.3 is 6.18 Å². The van der Waals surface area contributed by atoms with Gasteiger partial charge in [-0.1, -0.05) is 13.8 Å². The molecule has 0 saturated carbocycles. The van der Waals surface area contributed by atoms with E-state index in [9.17, 15) is 13.2 Å². The lowest BCUT2D eigenvalue weighted by Crippen LogP contribution is -2.34. The second-order valence-corrected chi connectivity index (χ2v) is 4.93. The van der Waals surface area contributed by atoms with Gasteiger partial charge < -0.3 is 9.73 Å². The monoisotopic (exact) mass is 292 g/mol. The summed E-state index contributed by atoms with van der Waals surface area (Å²) in [5.74, 6) is 1.39. The molecule has 0 fully saturated rings. The van der Waals surface area contributed by atoms with E-state index in [0.29, 0.717) is 25.3 Å². The molecule has 3 nitrogen and oxygen atoms in total. The summed E-state index contributed by atoms with van der Waals surface area (Å²) in [5, 5.41) is 3.15. The van der Waals surface area contributed by atoms with E-state index in [2.05, 4.69) is 5.32 Å². The number of nitrogens with one attached hydrogen (secondary N) is 1. The minimum absolute atomic E-state index is 0.195. The van der Waals surface area contributed by atoms with E-state index >= 15 is 0 Å². The summed E-state index contributed by atoms with van der Waals surface area (Å²) in [4.78, 5) is 1.37. The van der Waals surface area contributed by atoms with Crippen LogP contribution < -0.4 is 5.32 Å². The molecule has 1 aromatic heterocycles. The zero-order chi connectivity index (χ0) is 15.2. The van der Waals surface area contributed by atoms with Gasteiger partial charge in [0.15, 0.2) is 0 Å². The fourth-order valence-electron chi connectivity index (χ4n) is 2.09. The zero-order valence-electron chi connectivity index (χ0n) is 12.3. The Balaban J connectivity index is 2.68. The normalized spacial score (nSPS) is 12.3. The smallest absolute Gasteiger partial charge is 0.401 e. The van der Waals surface area contributed by atoms with Gasteiger partial charge in [0, 0.05) is 0 Å². The molecule has 0 aliphatic carbocycles. The fraction of sp³-hybridized carbons (Fsp3) is 0.714. The molecule has 1 aromatic rings. The van der Waals surface area contributed by atoms with Crippen LogP contribution in [0.25, 0.3) is 0 Å². The minimum atomic E-state index is -4.18. The average molecular weight is 292 g/mol. The zero-order valence-corrected chi connectivity index (χ0v) is 12.3. The standard InChI is InChI=1S/C14H23F3N2O/c1-4-6-19(10-14(15,16)17)9-12-7-11(3)13(20-12)8-18-5-2/h7,18H,4-6,8-10H2,1-3H3. The summed E-state index contributed by atoms with van der Waals surface area (Å²) in [5.41, 5.74) is 0.976. The Morgan fingerprint density at radius 2 is 2.00 bits per heavy atom. The molecule has 0 atom stereocenters. The van der Waals surface area contributed by atoms with Gasteiger partial charge in [-0.3, -0.25) is 4.90 Å². The predicted molar refractivity (Wildman–Crippen MR) is 72.4 cm³/mol. The molecule has 6 heteroatoms. The van der Waals surface area contributed by atoms with Crippen molar-refractivity contribution < 1.29 is 17.6 Å². The van der Waals surface area contributed by atoms with E-state index in [1.165, 1.54) is 4.90 Å². The number of hydrogen-bond donors (Lipinski definition) is 1. The van der Waals surface area contributed by atoms with E-state index in [1.807, 2.05) is 26.8 Å². The molecule has 1 heterocycles. The SMILES string of the molecule is CCCN(Cc1cc(C)c(CNCC)o1)CC(F)(F)F. The third-order valence-corrected chi connectivity index (χ3v) is 2.93. The molecule has 0 aromatic carbocycles. The lowest BCUT2D eigenvalue weighted by atomic mass is 10.2. The number of aryl methyl sites for hydroxylation is 1. The highest BCUT2D eigenvalue weighted by molar-refractivity contribution is 5.20. The first-order valence-corrected chi connectivity index (χ1v) is 6.93. The number of alkyl halides is 3. The van der Waals surface area contributed by atoms with Crippen molar-refractivity contribution in [1.29, 1.82) is 0 Å². The van der Waals surface area contributed by atoms with Gasteiger partial charge in [0.25, 0.3) is 0 Å². The molecular weight excluding hydrogens is 269 g/mol. The van der Waals surface area contributed by atoms with E-state index in [0.717, 1.165) is 17.9 Å². The van der Waals surface area contributed by atoms with Crippen molar-refractivity contribution in [2.45, 2.75) is 46.5 Å². The van der Waals surface area contributed by atoms with Crippen molar-refractivity contribution in [1.82, 2.24) is 10.2 Å². The second kappa shape index (κ2) is 7.69. The molecule has 116 valence electrons. The van der Waals surface area contributed by atoms with Gasteiger partial charge in [0.1, 0.15) is 11.5 Å². The number of rotatable bonds is 8. The summed E-state index contributed by atoms with van der Waals surface area (Å²) < 4.78 is 43.1. The summed E-state index contributed by atoms with van der Waals surface area (Å²) in [6.07, 6.45) is -3.50. The summed E-state index contributed by atoms with van der Waals surface area (Å²) in [7, 11) is 0. The topological polar surface area (TPSA) is 28.4 Å². The molecule has 0 aliphatic heterocycles. The largest absolute Gasteiger partial charge is 0.463 e. The maximum Gasteiger partial charge on any atom is 0.401 e. The molecule has 0 unspecified atom stereocenters. The van der Waals surface area contributed by atoms with Crippen LogP contribution >= 0.6 is 0 Å². The molecule has 0 bridgehead atoms. The van der Waals surface area contributed by atoms with E-state index in [-0.39, 0.29) is 6.54 Å². The second-order valence-electron chi connectivity index (χ2n) is 4.93. The van der Waals surface area contributed by atoms with Gasteiger partial charge in [-0.05, 0) is 38.1 Å². The average Bonchev–Trinajstić information content (AvgIpc) is 2.65. The Labute approximate surface area is 118 Å². The van der Waals surface area contributed by atoms with Crippen LogP contribution in [0.2, 0.25) is 0 Å². The van der Waals surface area contributed by atoms with E-state index in [4.69, 9.17) is 4.42 Å². The summed E-state index contributed by atoms with van der Waals surface area (Å²) in [6.45, 7) is 6.90. The Morgan fingerprint density at radius 1 is 1.30 bits per heavy atom. The summed E-state index contributed by atoms with van der Waals surface area (Å²) >= 11 is 0. The van der Waals surface area contributed by atoms with Gasteiger partial charge in [-0.2, -0.15) is 13.2 Å². The Hall–Kier alpha value is -1.01. The predicted octanol–water partition coefficient (Wildman–Crippen LogP) is 3.47. The molecule has 0 radical (unpaired) electrons. The van der Waals surface area contributed by atoms with Crippen molar-refractivity contribution in [2.24, 2.45) is 0 Å². The van der Waals surface area contributed by atoms with Crippen LogP contribution in [0.1, 0.15) is 37.4 Å². The first-order chi connectivity index (χ1) is 9.35. The number of nitrogens with zero attached hydrogens (tertiary/aromatic N) is 1. The van der Waals surface area contributed by atoms with Crippen LogP contribution in [0.5, 0.6) is 0 Å². The van der Waals surface area contributed by atoms with Crippen LogP contribution in [-0.2, 0) is 13.1 Å². The quantitative estimate of drug-likeness (QED) is 0.795. The molecule has 0 amide bonds. The van der Waals surface area contributed by atoms with Crippen LogP contribution in [0.15, 0.2) is 10.5 Å². The van der Waals surface area contributed by atoms with Gasteiger partial charge in [-0.15, -0.1) is 0 Å². The van der Waals surface area contributed by atoms with Crippen molar-refractivity contribution in [3.63, 3.8) is 0 Å². The van der Waals surface area contributed by atoms with Crippen molar-refractivity contribution in [2.75, 3.05) is 19.6 Å². The van der Waals surface area contributed by atoms with Crippen molar-refractivity contribution >= 4 is 0 Å². The van der Waals surface area contributed by atoms with Crippen LogP contribution in [0.3, 0.4) is 0 Å². The van der Waals surface area contributed by atoms with Gasteiger partial charge in [0.05, 0.1) is 19.6 Å². The third-order valence-electron chi connectivity index (χ3n) is 2.93. The van der Waals surface area contributed by atoms with Crippen molar-refractivity contribution in [3.05, 3.63) is 23.2 Å². The van der Waals surface area contributed by atoms with Crippen LogP contribution in [0, 0.1) is 6.92 Å². The molecule has 1 N–H and O–H groups in total. The van der Waals surface area contributed by atoms with E-state index < -0.39 is 12.7 Å². The van der Waals surface area contributed by atoms with Crippen LogP contribution in [0.4, 0.5) is 13.2 Å². The molecule has 0 saturated heterocycles. The van der Waals surface area contributed by atoms with Gasteiger partial charge in [0.2, 0.25) is 0 Å². The minimum Gasteiger partial charge on any atom is -0.463 e. The van der Waals surface area contributed by atoms with E-state index in [1.54, 1.807) is 0 Å². The fourth-order valence-corrected chi connectivity index (χ4v) is 2.09. The van der Waals surface area contributed by atoms with Gasteiger partial charge in [-0.25, -0.2) is 0 Å². The van der Waals surface area contributed by atoms with Crippen LogP contribution in [-0.4, -0.2) is 30.7 Å². The third kappa shape index (κ3) is 5.96. The number of halogens is 3. The highest BCUT2D eigenvalue weighted by Gasteiger charge is 2.30. The lowest BCUT2D eigenvalue weighted by molar-refractivity contribution is -0.147. The Morgan fingerprint density at radius 3 is 2.55 bits per heavy atom. The highest BCUT2D eigenvalue weighted by atomic mass is 19.4. The lowest BCUT2D eigenvalue weighted by Gasteiger charge is -2.21. The van der Waals surface area contributed by atoms with Crippen molar-refractivity contribution in [3.8, 4) is 0 Å². The maximum atomic E-state index is 12.5. The molecule has 1 rings (SSSR count). The molecular formula is C14H23F3N2O. The molecule has 20 heavy (non-hydrogen) atoms. The molecule has 0 aliphatic rings. The summed E-state index contributed by atoms with van der Waals surface area (Å²) in [6, 6.07) is 1.83. The number of hydrogen-bond acceptors (Lipinski definition) is 3. The first kappa shape index (κ1) is 17.0. The molecule has 0 spiro atoms. The maximum absolute atomic E-state index is 12.5. The first-order valence-electron chi connectivity index (χ1n) is 6.93.